The Bertz CT molecular complexity index is 439. The van der Waals surface area contributed by atoms with Crippen LogP contribution in [0.3, 0.4) is 0 Å². The molecule has 98 valence electrons. The van der Waals surface area contributed by atoms with Crippen molar-refractivity contribution in [3.05, 3.63) is 33.8 Å². The maximum atomic E-state index is 12.2. The molecule has 1 aliphatic rings. The molecule has 0 aromatic heterocycles. The average molecular weight is 286 g/mol. The maximum Gasteiger partial charge on any atom is 0.140 e. The molecule has 0 bridgehead atoms. The van der Waals surface area contributed by atoms with E-state index in [1.165, 1.54) is 0 Å². The number of ketones is 1. The standard InChI is InChI=1S/C14H17Cl2NO/c15-12-6-1-9(7-13(12)16)8-14(18)10-2-4-11(17)5-3-10/h1,6-7,10-11H,2-5,8,17H2. The third-order valence-corrected chi connectivity index (χ3v) is 4.33. The van der Waals surface area contributed by atoms with Crippen LogP contribution in [-0.2, 0) is 11.2 Å². The molecule has 0 spiro atoms. The molecule has 2 nitrogen and oxygen atoms in total. The van der Waals surface area contributed by atoms with Gasteiger partial charge in [0.05, 0.1) is 10.0 Å². The average Bonchev–Trinajstić information content (AvgIpc) is 2.34. The molecule has 18 heavy (non-hydrogen) atoms. The van der Waals surface area contributed by atoms with Crippen molar-refractivity contribution in [3.8, 4) is 0 Å². The molecule has 2 N–H and O–H groups in total. The molecule has 1 saturated carbocycles. The van der Waals surface area contributed by atoms with Gasteiger partial charge in [-0.15, -0.1) is 0 Å². The fraction of sp³-hybridized carbons (Fsp3) is 0.500. The van der Waals surface area contributed by atoms with Crippen molar-refractivity contribution in [2.45, 2.75) is 38.1 Å². The minimum atomic E-state index is 0.166. The number of halogens is 2. The van der Waals surface area contributed by atoms with Crippen LogP contribution in [0.2, 0.25) is 10.0 Å². The van der Waals surface area contributed by atoms with Crippen LogP contribution in [-0.4, -0.2) is 11.8 Å². The van der Waals surface area contributed by atoms with Crippen LogP contribution in [0, 0.1) is 5.92 Å². The zero-order chi connectivity index (χ0) is 13.1. The van der Waals surface area contributed by atoms with Gasteiger partial charge < -0.3 is 5.73 Å². The van der Waals surface area contributed by atoms with Gasteiger partial charge in [-0.05, 0) is 43.4 Å². The first-order valence-electron chi connectivity index (χ1n) is 6.28. The molecule has 1 fully saturated rings. The van der Waals surface area contributed by atoms with Gasteiger partial charge in [0, 0.05) is 18.4 Å². The molecule has 1 aromatic rings. The highest BCUT2D eigenvalue weighted by Gasteiger charge is 2.24. The second kappa shape index (κ2) is 6.05. The predicted molar refractivity (Wildman–Crippen MR) is 75.1 cm³/mol. The number of rotatable bonds is 3. The van der Waals surface area contributed by atoms with Crippen molar-refractivity contribution in [2.75, 3.05) is 0 Å². The minimum absolute atomic E-state index is 0.166. The lowest BCUT2D eigenvalue weighted by molar-refractivity contribution is -0.123. The van der Waals surface area contributed by atoms with E-state index in [9.17, 15) is 4.79 Å². The largest absolute Gasteiger partial charge is 0.328 e. The monoisotopic (exact) mass is 285 g/mol. The van der Waals surface area contributed by atoms with E-state index in [1.54, 1.807) is 12.1 Å². The molecule has 1 aliphatic carbocycles. The quantitative estimate of drug-likeness (QED) is 0.922. The number of hydrogen-bond donors (Lipinski definition) is 1. The number of Topliss-reactive ketones (excluding diaryl/α,β-unsaturated/α-hetero) is 1. The summed E-state index contributed by atoms with van der Waals surface area (Å²) in [4.78, 5) is 12.2. The molecule has 4 heteroatoms. The van der Waals surface area contributed by atoms with Gasteiger partial charge in [-0.25, -0.2) is 0 Å². The van der Waals surface area contributed by atoms with Crippen LogP contribution < -0.4 is 5.73 Å². The van der Waals surface area contributed by atoms with Gasteiger partial charge in [0.2, 0.25) is 0 Å². The van der Waals surface area contributed by atoms with Crippen LogP contribution in [0.5, 0.6) is 0 Å². The summed E-state index contributed by atoms with van der Waals surface area (Å²) in [5, 5.41) is 1.03. The van der Waals surface area contributed by atoms with E-state index >= 15 is 0 Å². The van der Waals surface area contributed by atoms with E-state index in [2.05, 4.69) is 0 Å². The highest BCUT2D eigenvalue weighted by molar-refractivity contribution is 6.42. The zero-order valence-electron chi connectivity index (χ0n) is 10.2. The topological polar surface area (TPSA) is 43.1 Å². The van der Waals surface area contributed by atoms with Gasteiger partial charge in [-0.1, -0.05) is 29.3 Å². The predicted octanol–water partition coefficient (Wildman–Crippen LogP) is 3.62. The molecular formula is C14H17Cl2NO. The molecule has 0 unspecified atom stereocenters. The summed E-state index contributed by atoms with van der Waals surface area (Å²) in [6, 6.07) is 5.65. The second-order valence-corrected chi connectivity index (χ2v) is 5.82. The van der Waals surface area contributed by atoms with Crippen molar-refractivity contribution in [1.29, 1.82) is 0 Å². The Morgan fingerprint density at radius 2 is 1.83 bits per heavy atom. The minimum Gasteiger partial charge on any atom is -0.328 e. The van der Waals surface area contributed by atoms with Crippen molar-refractivity contribution >= 4 is 29.0 Å². The summed E-state index contributed by atoms with van der Waals surface area (Å²) in [6.45, 7) is 0. The Morgan fingerprint density at radius 3 is 2.44 bits per heavy atom. The number of carbonyl (C=O) groups excluding carboxylic acids is 1. The van der Waals surface area contributed by atoms with E-state index < -0.39 is 0 Å². The summed E-state index contributed by atoms with van der Waals surface area (Å²) < 4.78 is 0. The van der Waals surface area contributed by atoms with E-state index in [4.69, 9.17) is 28.9 Å². The first-order chi connectivity index (χ1) is 8.56. The third-order valence-electron chi connectivity index (χ3n) is 3.59. The Morgan fingerprint density at radius 1 is 1.17 bits per heavy atom. The van der Waals surface area contributed by atoms with Gasteiger partial charge in [0.1, 0.15) is 5.78 Å². The highest BCUT2D eigenvalue weighted by atomic mass is 35.5. The van der Waals surface area contributed by atoms with Crippen LogP contribution >= 0.6 is 23.2 Å². The number of hydrogen-bond acceptors (Lipinski definition) is 2. The lowest BCUT2D eigenvalue weighted by Gasteiger charge is -2.25. The van der Waals surface area contributed by atoms with Gasteiger partial charge in [-0.3, -0.25) is 4.79 Å². The molecule has 0 amide bonds. The Balaban J connectivity index is 1.96. The van der Waals surface area contributed by atoms with Gasteiger partial charge in [0.25, 0.3) is 0 Å². The van der Waals surface area contributed by atoms with Gasteiger partial charge in [0.15, 0.2) is 0 Å². The van der Waals surface area contributed by atoms with Crippen molar-refractivity contribution in [3.63, 3.8) is 0 Å². The van der Waals surface area contributed by atoms with Crippen molar-refractivity contribution < 1.29 is 4.79 Å². The summed E-state index contributed by atoms with van der Waals surface area (Å²) in [6.07, 6.45) is 4.19. The maximum absolute atomic E-state index is 12.2. The molecule has 0 atom stereocenters. The molecule has 0 radical (unpaired) electrons. The normalized spacial score (nSPS) is 23.9. The summed E-state index contributed by atoms with van der Waals surface area (Å²) in [5.41, 5.74) is 6.78. The number of carbonyl (C=O) groups is 1. The van der Waals surface area contributed by atoms with E-state index in [0.717, 1.165) is 31.2 Å². The third kappa shape index (κ3) is 3.47. The summed E-state index contributed by atoms with van der Waals surface area (Å²) in [5.74, 6) is 0.458. The fourth-order valence-electron chi connectivity index (χ4n) is 2.44. The molecule has 0 saturated heterocycles. The highest BCUT2D eigenvalue weighted by Crippen LogP contribution is 2.27. The number of nitrogens with two attached hydrogens (primary N) is 1. The SMILES string of the molecule is NC1CCC(C(=O)Cc2ccc(Cl)c(Cl)c2)CC1. The van der Waals surface area contributed by atoms with Crippen molar-refractivity contribution in [1.82, 2.24) is 0 Å². The number of benzene rings is 1. The lowest BCUT2D eigenvalue weighted by Crippen LogP contribution is -2.30. The van der Waals surface area contributed by atoms with Crippen LogP contribution in [0.15, 0.2) is 18.2 Å². The van der Waals surface area contributed by atoms with Gasteiger partial charge in [-0.2, -0.15) is 0 Å². The zero-order valence-corrected chi connectivity index (χ0v) is 11.7. The van der Waals surface area contributed by atoms with E-state index in [0.29, 0.717) is 22.2 Å². The van der Waals surface area contributed by atoms with E-state index in [1.807, 2.05) is 6.07 Å². The fourth-order valence-corrected chi connectivity index (χ4v) is 2.76. The van der Waals surface area contributed by atoms with Gasteiger partial charge >= 0.3 is 0 Å². The van der Waals surface area contributed by atoms with Crippen molar-refractivity contribution in [2.24, 2.45) is 11.7 Å². The molecular weight excluding hydrogens is 269 g/mol. The van der Waals surface area contributed by atoms with Crippen LogP contribution in [0.4, 0.5) is 0 Å². The Labute approximate surface area is 117 Å². The first kappa shape index (κ1) is 13.9. The van der Waals surface area contributed by atoms with E-state index in [-0.39, 0.29) is 12.0 Å². The second-order valence-electron chi connectivity index (χ2n) is 5.00. The van der Waals surface area contributed by atoms with Crippen LogP contribution in [0.1, 0.15) is 31.2 Å². The Hall–Kier alpha value is -0.570. The molecule has 2 rings (SSSR count). The first-order valence-corrected chi connectivity index (χ1v) is 7.04. The smallest absolute Gasteiger partial charge is 0.140 e. The molecule has 0 heterocycles. The summed E-state index contributed by atoms with van der Waals surface area (Å²) >= 11 is 11.8. The Kier molecular flexibility index (Phi) is 4.66. The molecule has 1 aromatic carbocycles. The molecule has 0 aliphatic heterocycles. The summed E-state index contributed by atoms with van der Waals surface area (Å²) in [7, 11) is 0. The van der Waals surface area contributed by atoms with Crippen LogP contribution in [0.25, 0.3) is 0 Å². The lowest BCUT2D eigenvalue weighted by atomic mass is 9.82.